The third-order valence-electron chi connectivity index (χ3n) is 3.94. The van der Waals surface area contributed by atoms with Crippen LogP contribution >= 0.6 is 0 Å². The molecule has 0 bridgehead atoms. The molecule has 2 N–H and O–H groups in total. The van der Waals surface area contributed by atoms with Gasteiger partial charge in [-0.15, -0.1) is 0 Å². The zero-order chi connectivity index (χ0) is 14.8. The van der Waals surface area contributed by atoms with E-state index in [9.17, 15) is 9.59 Å². The molecule has 1 aromatic carbocycles. The Morgan fingerprint density at radius 2 is 2.14 bits per heavy atom. The second-order valence-corrected chi connectivity index (χ2v) is 5.65. The lowest BCUT2D eigenvalue weighted by Crippen LogP contribution is -2.40. The van der Waals surface area contributed by atoms with Crippen molar-refractivity contribution in [2.24, 2.45) is 5.92 Å². The molecule has 0 aromatic heterocycles. The molecule has 6 nitrogen and oxygen atoms in total. The zero-order valence-corrected chi connectivity index (χ0v) is 12.0. The molecular weight excluding hydrogens is 270 g/mol. The van der Waals surface area contributed by atoms with Crippen LogP contribution in [0.25, 0.3) is 0 Å². The van der Waals surface area contributed by atoms with E-state index >= 15 is 0 Å². The van der Waals surface area contributed by atoms with E-state index in [4.69, 9.17) is 4.74 Å². The zero-order valence-electron chi connectivity index (χ0n) is 12.0. The van der Waals surface area contributed by atoms with E-state index in [0.29, 0.717) is 23.0 Å². The number of nitrogens with one attached hydrogen (secondary N) is 2. The van der Waals surface area contributed by atoms with Gasteiger partial charge in [-0.1, -0.05) is 6.92 Å². The average molecular weight is 289 g/mol. The largest absolute Gasteiger partial charge is 0.482 e. The number of likely N-dealkylation sites (tertiary alicyclic amines) is 1. The minimum atomic E-state index is -0.165. The number of hydrogen-bond acceptors (Lipinski definition) is 3. The molecule has 2 heterocycles. The summed E-state index contributed by atoms with van der Waals surface area (Å²) in [4.78, 5) is 25.2. The number of rotatable bonds is 1. The van der Waals surface area contributed by atoms with Crippen molar-refractivity contribution in [1.82, 2.24) is 4.90 Å². The second-order valence-electron chi connectivity index (χ2n) is 5.65. The quantitative estimate of drug-likeness (QED) is 0.833. The van der Waals surface area contributed by atoms with Crippen molar-refractivity contribution in [3.8, 4) is 5.75 Å². The van der Waals surface area contributed by atoms with Crippen LogP contribution in [0, 0.1) is 5.92 Å². The lowest BCUT2D eigenvalue weighted by Gasteiger charge is -2.30. The van der Waals surface area contributed by atoms with E-state index in [2.05, 4.69) is 17.6 Å². The average Bonchev–Trinajstić information content (AvgIpc) is 2.48. The summed E-state index contributed by atoms with van der Waals surface area (Å²) in [5.41, 5.74) is 1.31. The fourth-order valence-electron chi connectivity index (χ4n) is 2.57. The van der Waals surface area contributed by atoms with Gasteiger partial charge in [0.15, 0.2) is 6.61 Å². The Morgan fingerprint density at radius 1 is 1.38 bits per heavy atom. The molecule has 0 spiro atoms. The summed E-state index contributed by atoms with van der Waals surface area (Å²) < 4.78 is 5.34. The molecule has 1 aromatic rings. The van der Waals surface area contributed by atoms with Crippen LogP contribution in [0.4, 0.5) is 16.2 Å². The molecule has 2 aliphatic rings. The normalized spacial score (nSPS) is 18.5. The van der Waals surface area contributed by atoms with Crippen molar-refractivity contribution in [1.29, 1.82) is 0 Å². The van der Waals surface area contributed by atoms with E-state index in [-0.39, 0.29) is 18.5 Å². The molecule has 1 saturated heterocycles. The monoisotopic (exact) mass is 289 g/mol. The summed E-state index contributed by atoms with van der Waals surface area (Å²) in [5, 5.41) is 5.60. The molecule has 3 amide bonds. The summed E-state index contributed by atoms with van der Waals surface area (Å²) in [6.45, 7) is 3.81. The van der Waals surface area contributed by atoms with Crippen molar-refractivity contribution >= 4 is 23.3 Å². The lowest BCUT2D eigenvalue weighted by molar-refractivity contribution is -0.118. The third kappa shape index (κ3) is 3.09. The number of amides is 3. The van der Waals surface area contributed by atoms with E-state index < -0.39 is 0 Å². The van der Waals surface area contributed by atoms with Gasteiger partial charge < -0.3 is 20.3 Å². The van der Waals surface area contributed by atoms with E-state index in [0.717, 1.165) is 25.9 Å². The fraction of sp³-hybridized carbons (Fsp3) is 0.467. The number of anilines is 2. The van der Waals surface area contributed by atoms with Gasteiger partial charge in [0.05, 0.1) is 5.69 Å². The maximum absolute atomic E-state index is 12.2. The van der Waals surface area contributed by atoms with Crippen molar-refractivity contribution in [2.75, 3.05) is 30.3 Å². The summed E-state index contributed by atoms with van der Waals surface area (Å²) in [7, 11) is 0. The standard InChI is InChI=1S/C15H19N3O3/c1-10-4-6-18(7-5-10)15(20)16-11-2-3-12-13(8-11)21-9-14(19)17-12/h2-3,8,10H,4-7,9H2,1H3,(H,16,20)(H,17,19). The van der Waals surface area contributed by atoms with E-state index in [1.165, 1.54) is 0 Å². The number of nitrogens with zero attached hydrogens (tertiary/aromatic N) is 1. The first-order chi connectivity index (χ1) is 10.1. The predicted molar refractivity (Wildman–Crippen MR) is 79.6 cm³/mol. The molecule has 112 valence electrons. The minimum absolute atomic E-state index is 0.00835. The Balaban J connectivity index is 1.65. The van der Waals surface area contributed by atoms with Crippen LogP contribution < -0.4 is 15.4 Å². The van der Waals surface area contributed by atoms with Gasteiger partial charge in [-0.25, -0.2) is 4.79 Å². The van der Waals surface area contributed by atoms with Crippen molar-refractivity contribution in [3.63, 3.8) is 0 Å². The number of hydrogen-bond donors (Lipinski definition) is 2. The molecule has 0 saturated carbocycles. The number of benzene rings is 1. The minimum Gasteiger partial charge on any atom is -0.482 e. The van der Waals surface area contributed by atoms with Crippen LogP contribution in [0.3, 0.4) is 0 Å². The first-order valence-electron chi connectivity index (χ1n) is 7.24. The van der Waals surface area contributed by atoms with Crippen molar-refractivity contribution in [2.45, 2.75) is 19.8 Å². The van der Waals surface area contributed by atoms with Gasteiger partial charge in [0, 0.05) is 24.8 Å². The van der Waals surface area contributed by atoms with Crippen LogP contribution in [0.2, 0.25) is 0 Å². The third-order valence-corrected chi connectivity index (χ3v) is 3.94. The van der Waals surface area contributed by atoms with Crippen LogP contribution in [0.1, 0.15) is 19.8 Å². The first-order valence-corrected chi connectivity index (χ1v) is 7.24. The molecule has 0 unspecified atom stereocenters. The summed E-state index contributed by atoms with van der Waals surface area (Å²) >= 11 is 0. The molecule has 0 radical (unpaired) electrons. The second kappa shape index (κ2) is 5.63. The predicted octanol–water partition coefficient (Wildman–Crippen LogP) is 2.28. The van der Waals surface area contributed by atoms with E-state index in [1.54, 1.807) is 18.2 Å². The maximum Gasteiger partial charge on any atom is 0.321 e. The molecular formula is C15H19N3O3. The van der Waals surface area contributed by atoms with Gasteiger partial charge in [-0.3, -0.25) is 4.79 Å². The Kier molecular flexibility index (Phi) is 3.68. The van der Waals surface area contributed by atoms with E-state index in [1.807, 2.05) is 4.90 Å². The number of carbonyl (C=O) groups excluding carboxylic acids is 2. The number of ether oxygens (including phenoxy) is 1. The fourth-order valence-corrected chi connectivity index (χ4v) is 2.57. The number of urea groups is 1. The highest BCUT2D eigenvalue weighted by molar-refractivity contribution is 5.96. The van der Waals surface area contributed by atoms with Crippen LogP contribution in [0.5, 0.6) is 5.75 Å². The Bertz CT molecular complexity index is 565. The van der Waals surface area contributed by atoms with Gasteiger partial charge in [-0.05, 0) is 30.9 Å². The molecule has 21 heavy (non-hydrogen) atoms. The highest BCUT2D eigenvalue weighted by atomic mass is 16.5. The van der Waals surface area contributed by atoms with Crippen molar-refractivity contribution in [3.05, 3.63) is 18.2 Å². The summed E-state index contributed by atoms with van der Waals surface area (Å²) in [6, 6.07) is 5.15. The molecule has 0 atom stereocenters. The van der Waals surface area contributed by atoms with Gasteiger partial charge in [0.2, 0.25) is 0 Å². The summed E-state index contributed by atoms with van der Waals surface area (Å²) in [5.74, 6) is 1.11. The summed E-state index contributed by atoms with van der Waals surface area (Å²) in [6.07, 6.45) is 2.10. The smallest absolute Gasteiger partial charge is 0.321 e. The van der Waals surface area contributed by atoms with Crippen LogP contribution in [-0.4, -0.2) is 36.5 Å². The first kappa shape index (κ1) is 13.7. The van der Waals surface area contributed by atoms with Gasteiger partial charge in [0.1, 0.15) is 5.75 Å². The Hall–Kier alpha value is -2.24. The highest BCUT2D eigenvalue weighted by Gasteiger charge is 2.21. The molecule has 0 aliphatic carbocycles. The molecule has 3 rings (SSSR count). The van der Waals surface area contributed by atoms with Gasteiger partial charge in [0.25, 0.3) is 5.91 Å². The van der Waals surface area contributed by atoms with Gasteiger partial charge in [-0.2, -0.15) is 0 Å². The lowest BCUT2D eigenvalue weighted by atomic mass is 10.00. The molecule has 1 fully saturated rings. The number of piperidine rings is 1. The Labute approximate surface area is 123 Å². The van der Waals surface area contributed by atoms with Crippen LogP contribution in [0.15, 0.2) is 18.2 Å². The Morgan fingerprint density at radius 3 is 2.90 bits per heavy atom. The molecule has 6 heteroatoms. The van der Waals surface area contributed by atoms with Gasteiger partial charge >= 0.3 is 6.03 Å². The van der Waals surface area contributed by atoms with Crippen molar-refractivity contribution < 1.29 is 14.3 Å². The molecule has 2 aliphatic heterocycles. The highest BCUT2D eigenvalue weighted by Crippen LogP contribution is 2.30. The number of carbonyl (C=O) groups is 2. The maximum atomic E-state index is 12.2. The topological polar surface area (TPSA) is 70.7 Å². The van der Waals surface area contributed by atoms with Crippen LogP contribution in [-0.2, 0) is 4.79 Å². The SMILES string of the molecule is CC1CCN(C(=O)Nc2ccc3c(c2)OCC(=O)N3)CC1. The number of fused-ring (bicyclic) bond motifs is 1.